The Bertz CT molecular complexity index is 1370. The number of hydrogen-bond acceptors (Lipinski definition) is 7. The normalized spacial score (nSPS) is 17.8. The molecule has 1 atom stereocenters. The van der Waals surface area contributed by atoms with Gasteiger partial charge in [0.25, 0.3) is 15.9 Å². The van der Waals surface area contributed by atoms with Crippen molar-refractivity contribution in [1.82, 2.24) is 10.2 Å². The van der Waals surface area contributed by atoms with Crippen LogP contribution in [0.2, 0.25) is 0 Å². The van der Waals surface area contributed by atoms with Gasteiger partial charge in [0.05, 0.1) is 37.5 Å². The summed E-state index contributed by atoms with van der Waals surface area (Å²) in [7, 11) is -2.43. The van der Waals surface area contributed by atoms with Crippen LogP contribution in [0.25, 0.3) is 0 Å². The Kier molecular flexibility index (Phi) is 7.82. The van der Waals surface area contributed by atoms with Gasteiger partial charge in [0.2, 0.25) is 0 Å². The molecule has 1 N–H and O–H groups in total. The topological polar surface area (TPSA) is 97.4 Å². The maximum atomic E-state index is 13.6. The van der Waals surface area contributed by atoms with Gasteiger partial charge in [-0.1, -0.05) is 36.4 Å². The van der Waals surface area contributed by atoms with Gasteiger partial charge >= 0.3 is 0 Å². The Labute approximate surface area is 223 Å². The van der Waals surface area contributed by atoms with E-state index in [1.54, 1.807) is 36.4 Å². The second kappa shape index (κ2) is 11.4. The quantitative estimate of drug-likeness (QED) is 0.472. The number of para-hydroxylation sites is 2. The molecular weight excluding hydrogens is 506 g/mol. The molecule has 200 valence electrons. The second-order valence-corrected chi connectivity index (χ2v) is 11.1. The maximum Gasteiger partial charge on any atom is 0.264 e. The van der Waals surface area contributed by atoms with Gasteiger partial charge in [-0.15, -0.1) is 0 Å². The molecule has 5 rings (SSSR count). The van der Waals surface area contributed by atoms with E-state index < -0.39 is 16.1 Å². The van der Waals surface area contributed by atoms with E-state index in [4.69, 9.17) is 14.2 Å². The predicted molar refractivity (Wildman–Crippen MR) is 143 cm³/mol. The standard InChI is InChI=1S/C28H31N3O6S/c1-35-23-9-11-24(12-10-23)38(33,34)31-20-27(37-26-8-3-2-7-25(26)31)28(32)29-18-21-5-4-6-22(17-21)19-30-13-15-36-16-14-30/h2-12,17,27H,13-16,18-20H2,1H3,(H,29,32)/t27-/m1/s1. The molecule has 0 radical (unpaired) electrons. The summed E-state index contributed by atoms with van der Waals surface area (Å²) < 4.78 is 44.9. The Morgan fingerprint density at radius 1 is 1.00 bits per heavy atom. The zero-order valence-corrected chi connectivity index (χ0v) is 22.0. The third-order valence-electron chi connectivity index (χ3n) is 6.64. The number of fused-ring (bicyclic) bond motifs is 1. The summed E-state index contributed by atoms with van der Waals surface area (Å²) in [5.74, 6) is 0.508. The van der Waals surface area contributed by atoms with Gasteiger partial charge in [-0.25, -0.2) is 8.42 Å². The van der Waals surface area contributed by atoms with Crippen LogP contribution in [0.4, 0.5) is 5.69 Å². The average molecular weight is 538 g/mol. The number of sulfonamides is 1. The number of rotatable bonds is 8. The molecule has 0 bridgehead atoms. The summed E-state index contributed by atoms with van der Waals surface area (Å²) in [6.07, 6.45) is -1.01. The number of ether oxygens (including phenoxy) is 3. The molecule has 2 aliphatic rings. The lowest BCUT2D eigenvalue weighted by atomic mass is 10.1. The summed E-state index contributed by atoms with van der Waals surface area (Å²) in [4.78, 5) is 15.6. The van der Waals surface area contributed by atoms with Gasteiger partial charge in [0.1, 0.15) is 11.5 Å². The van der Waals surface area contributed by atoms with Crippen LogP contribution in [-0.4, -0.2) is 65.3 Å². The van der Waals surface area contributed by atoms with Crippen molar-refractivity contribution in [1.29, 1.82) is 0 Å². The highest BCUT2D eigenvalue weighted by atomic mass is 32.2. The molecule has 0 spiro atoms. The minimum absolute atomic E-state index is 0.103. The monoisotopic (exact) mass is 537 g/mol. The maximum absolute atomic E-state index is 13.6. The molecule has 10 heteroatoms. The van der Waals surface area contributed by atoms with E-state index in [1.165, 1.54) is 29.1 Å². The first-order chi connectivity index (χ1) is 18.4. The fraction of sp³-hybridized carbons (Fsp3) is 0.321. The Morgan fingerprint density at radius 2 is 1.74 bits per heavy atom. The molecule has 38 heavy (non-hydrogen) atoms. The summed E-state index contributed by atoms with van der Waals surface area (Å²) in [6.45, 7) is 4.27. The molecule has 0 aliphatic carbocycles. The average Bonchev–Trinajstić information content (AvgIpc) is 2.96. The number of anilines is 1. The largest absolute Gasteiger partial charge is 0.497 e. The summed E-state index contributed by atoms with van der Waals surface area (Å²) in [5, 5.41) is 2.92. The number of methoxy groups -OCH3 is 1. The third-order valence-corrected chi connectivity index (χ3v) is 8.44. The fourth-order valence-electron chi connectivity index (χ4n) is 4.60. The van der Waals surface area contributed by atoms with Crippen LogP contribution in [0.3, 0.4) is 0 Å². The summed E-state index contributed by atoms with van der Waals surface area (Å²) >= 11 is 0. The van der Waals surface area contributed by atoms with Gasteiger partial charge in [0.15, 0.2) is 6.10 Å². The number of hydrogen-bond donors (Lipinski definition) is 1. The molecule has 9 nitrogen and oxygen atoms in total. The van der Waals surface area contributed by atoms with Crippen LogP contribution in [0, 0.1) is 0 Å². The summed E-state index contributed by atoms with van der Waals surface area (Å²) in [5.41, 5.74) is 2.52. The lowest BCUT2D eigenvalue weighted by Gasteiger charge is -2.34. The van der Waals surface area contributed by atoms with Gasteiger partial charge < -0.3 is 19.5 Å². The number of amides is 1. The van der Waals surface area contributed by atoms with E-state index in [9.17, 15) is 13.2 Å². The molecule has 2 heterocycles. The zero-order valence-electron chi connectivity index (χ0n) is 21.2. The molecule has 3 aromatic carbocycles. The SMILES string of the molecule is COc1ccc(S(=O)(=O)N2C[C@H](C(=O)NCc3cccc(CN4CCOCC4)c3)Oc3ccccc32)cc1. The van der Waals surface area contributed by atoms with Crippen molar-refractivity contribution >= 4 is 21.6 Å². The van der Waals surface area contributed by atoms with E-state index in [2.05, 4.69) is 22.3 Å². The number of benzene rings is 3. The van der Waals surface area contributed by atoms with E-state index in [-0.39, 0.29) is 17.3 Å². The molecular formula is C28H31N3O6S. The van der Waals surface area contributed by atoms with Crippen molar-refractivity contribution in [3.05, 3.63) is 83.9 Å². The number of carbonyl (C=O) groups excluding carboxylic acids is 1. The zero-order chi connectivity index (χ0) is 26.5. The highest BCUT2D eigenvalue weighted by molar-refractivity contribution is 7.92. The first kappa shape index (κ1) is 26.0. The van der Waals surface area contributed by atoms with E-state index in [0.29, 0.717) is 23.7 Å². The highest BCUT2D eigenvalue weighted by Crippen LogP contribution is 2.37. The van der Waals surface area contributed by atoms with Crippen LogP contribution in [0.5, 0.6) is 11.5 Å². The summed E-state index contributed by atoms with van der Waals surface area (Å²) in [6, 6.07) is 21.1. The molecule has 3 aromatic rings. The van der Waals surface area contributed by atoms with Crippen LogP contribution < -0.4 is 19.1 Å². The van der Waals surface area contributed by atoms with Gasteiger partial charge in [0, 0.05) is 26.2 Å². The Hall–Kier alpha value is -3.60. The smallest absolute Gasteiger partial charge is 0.264 e. The Balaban J connectivity index is 1.29. The molecule has 0 unspecified atom stereocenters. The number of nitrogens with zero attached hydrogens (tertiary/aromatic N) is 2. The van der Waals surface area contributed by atoms with Crippen LogP contribution in [0.15, 0.2) is 77.7 Å². The van der Waals surface area contributed by atoms with Gasteiger partial charge in [-0.3, -0.25) is 14.0 Å². The molecule has 1 fully saturated rings. The predicted octanol–water partition coefficient (Wildman–Crippen LogP) is 2.80. The molecule has 0 saturated carbocycles. The van der Waals surface area contributed by atoms with Crippen molar-refractivity contribution in [3.63, 3.8) is 0 Å². The highest BCUT2D eigenvalue weighted by Gasteiger charge is 2.37. The second-order valence-electron chi connectivity index (χ2n) is 9.21. The van der Waals surface area contributed by atoms with E-state index >= 15 is 0 Å². The number of carbonyl (C=O) groups is 1. The number of morpholine rings is 1. The van der Waals surface area contributed by atoms with Crippen molar-refractivity contribution in [2.45, 2.75) is 24.1 Å². The molecule has 1 saturated heterocycles. The van der Waals surface area contributed by atoms with Crippen LogP contribution in [0.1, 0.15) is 11.1 Å². The van der Waals surface area contributed by atoms with Crippen molar-refractivity contribution in [2.24, 2.45) is 0 Å². The van der Waals surface area contributed by atoms with Crippen molar-refractivity contribution in [2.75, 3.05) is 44.3 Å². The molecule has 0 aromatic heterocycles. The van der Waals surface area contributed by atoms with Gasteiger partial charge in [-0.2, -0.15) is 0 Å². The first-order valence-corrected chi connectivity index (χ1v) is 14.0. The Morgan fingerprint density at radius 3 is 2.50 bits per heavy atom. The fourth-order valence-corrected chi connectivity index (χ4v) is 6.08. The van der Waals surface area contributed by atoms with Gasteiger partial charge in [-0.05, 0) is 47.5 Å². The molecule has 2 aliphatic heterocycles. The minimum Gasteiger partial charge on any atom is -0.497 e. The van der Waals surface area contributed by atoms with Crippen molar-refractivity contribution < 1.29 is 27.4 Å². The minimum atomic E-state index is -3.95. The van der Waals surface area contributed by atoms with Crippen LogP contribution >= 0.6 is 0 Å². The number of nitrogens with one attached hydrogen (secondary N) is 1. The lowest BCUT2D eigenvalue weighted by molar-refractivity contribution is -0.127. The van der Waals surface area contributed by atoms with Crippen LogP contribution in [-0.2, 0) is 32.6 Å². The van der Waals surface area contributed by atoms with E-state index in [1.807, 2.05) is 12.1 Å². The first-order valence-electron chi connectivity index (χ1n) is 12.5. The molecule has 1 amide bonds. The van der Waals surface area contributed by atoms with Crippen molar-refractivity contribution in [3.8, 4) is 11.5 Å². The lowest BCUT2D eigenvalue weighted by Crippen LogP contribution is -2.50. The third kappa shape index (κ3) is 5.77. The van der Waals surface area contributed by atoms with E-state index in [0.717, 1.165) is 38.4 Å².